The molecule has 19 heavy (non-hydrogen) atoms. The minimum Gasteiger partial charge on any atom is -0.444 e. The zero-order chi connectivity index (χ0) is 15.1. The fourth-order valence-corrected chi connectivity index (χ4v) is 1.23. The highest BCUT2D eigenvalue weighted by atomic mass is 19.4. The third kappa shape index (κ3) is 10.3. The van der Waals surface area contributed by atoms with Crippen LogP contribution in [0.2, 0.25) is 0 Å². The fraction of sp³-hybridized carbons (Fsp3) is 0.833. The number of hydrogen-bond acceptors (Lipinski definition) is 3. The summed E-state index contributed by atoms with van der Waals surface area (Å²) in [4.78, 5) is 21.7. The zero-order valence-corrected chi connectivity index (χ0v) is 11.4. The first kappa shape index (κ1) is 17.7. The summed E-state index contributed by atoms with van der Waals surface area (Å²) in [6, 6.07) is 0. The van der Waals surface area contributed by atoms with Gasteiger partial charge in [0.1, 0.15) is 5.60 Å². The predicted molar refractivity (Wildman–Crippen MR) is 63.8 cm³/mol. The van der Waals surface area contributed by atoms with E-state index >= 15 is 0 Å². The Morgan fingerprint density at radius 1 is 1.05 bits per heavy atom. The van der Waals surface area contributed by atoms with Crippen molar-refractivity contribution in [3.8, 4) is 0 Å². The number of alkyl halides is 3. The van der Waals surface area contributed by atoms with E-state index in [0.29, 0.717) is 19.4 Å². The number of halogens is 3. The number of alkyl carbamates (subject to hydrolysis) is 1. The molecule has 1 amide bonds. The number of rotatable bonds is 6. The van der Waals surface area contributed by atoms with Crippen LogP contribution in [0.25, 0.3) is 0 Å². The quantitative estimate of drug-likeness (QED) is 0.762. The molecule has 0 rings (SSSR count). The maximum Gasteiger partial charge on any atom is 0.449 e. The van der Waals surface area contributed by atoms with Gasteiger partial charge in [-0.15, -0.1) is 0 Å². The van der Waals surface area contributed by atoms with Crippen molar-refractivity contribution >= 4 is 11.9 Å². The number of ether oxygens (including phenoxy) is 1. The first-order chi connectivity index (χ1) is 8.52. The van der Waals surface area contributed by atoms with E-state index in [0.717, 1.165) is 0 Å². The van der Waals surface area contributed by atoms with Gasteiger partial charge in [-0.2, -0.15) is 13.2 Å². The van der Waals surface area contributed by atoms with Gasteiger partial charge in [0.05, 0.1) is 0 Å². The second-order valence-corrected chi connectivity index (χ2v) is 5.16. The van der Waals surface area contributed by atoms with E-state index in [1.165, 1.54) is 0 Å². The molecule has 0 spiro atoms. The van der Waals surface area contributed by atoms with Crippen molar-refractivity contribution in [3.05, 3.63) is 0 Å². The molecule has 4 nitrogen and oxygen atoms in total. The van der Waals surface area contributed by atoms with Crippen molar-refractivity contribution in [1.82, 2.24) is 5.32 Å². The summed E-state index contributed by atoms with van der Waals surface area (Å²) >= 11 is 0. The third-order valence-corrected chi connectivity index (χ3v) is 2.07. The maximum absolute atomic E-state index is 11.9. The number of carbonyl (C=O) groups is 2. The second kappa shape index (κ2) is 7.35. The highest BCUT2D eigenvalue weighted by Crippen LogP contribution is 2.19. The van der Waals surface area contributed by atoms with Crippen LogP contribution < -0.4 is 5.32 Å². The highest BCUT2D eigenvalue weighted by Gasteiger charge is 2.36. The number of carbonyl (C=O) groups excluding carboxylic acids is 2. The van der Waals surface area contributed by atoms with Crippen LogP contribution in [0.15, 0.2) is 0 Å². The largest absolute Gasteiger partial charge is 0.449 e. The molecule has 0 bridgehead atoms. The van der Waals surface area contributed by atoms with Crippen LogP contribution in [0.4, 0.5) is 18.0 Å². The van der Waals surface area contributed by atoms with Gasteiger partial charge in [0.2, 0.25) is 5.78 Å². The molecule has 0 aromatic rings. The van der Waals surface area contributed by atoms with Gasteiger partial charge in [-0.25, -0.2) is 4.79 Å². The van der Waals surface area contributed by atoms with Crippen LogP contribution in [0.1, 0.15) is 46.5 Å². The summed E-state index contributed by atoms with van der Waals surface area (Å²) in [6.45, 7) is 5.51. The molecule has 0 heterocycles. The zero-order valence-electron chi connectivity index (χ0n) is 11.4. The van der Waals surface area contributed by atoms with E-state index in [9.17, 15) is 22.8 Å². The summed E-state index contributed by atoms with van der Waals surface area (Å²) in [5.41, 5.74) is -0.580. The van der Waals surface area contributed by atoms with Crippen molar-refractivity contribution in [2.75, 3.05) is 6.54 Å². The lowest BCUT2D eigenvalue weighted by Gasteiger charge is -2.19. The monoisotopic (exact) mass is 283 g/mol. The molecule has 1 N–H and O–H groups in total. The smallest absolute Gasteiger partial charge is 0.444 e. The molecule has 0 fully saturated rings. The van der Waals surface area contributed by atoms with Crippen LogP contribution in [0.3, 0.4) is 0 Å². The first-order valence-electron chi connectivity index (χ1n) is 6.09. The summed E-state index contributed by atoms with van der Waals surface area (Å²) < 4.78 is 40.6. The first-order valence-corrected chi connectivity index (χ1v) is 6.09. The summed E-state index contributed by atoms with van der Waals surface area (Å²) in [5.74, 6) is -1.70. The van der Waals surface area contributed by atoms with Crippen LogP contribution in [-0.4, -0.2) is 30.2 Å². The molecule has 0 radical (unpaired) electrons. The topological polar surface area (TPSA) is 55.4 Å². The fourth-order valence-electron chi connectivity index (χ4n) is 1.23. The molecule has 0 aromatic heterocycles. The Kier molecular flexibility index (Phi) is 6.86. The molecule has 0 unspecified atom stereocenters. The molecule has 0 aromatic carbocycles. The standard InChI is InChI=1S/C12H20F3NO3/c1-11(2,3)19-10(18)16-8-6-4-5-7-9(17)12(13,14)15/h4-8H2,1-3H3,(H,16,18). The Morgan fingerprint density at radius 3 is 2.11 bits per heavy atom. The highest BCUT2D eigenvalue weighted by molar-refractivity contribution is 5.83. The van der Waals surface area contributed by atoms with E-state index in [4.69, 9.17) is 4.74 Å². The molecule has 0 atom stereocenters. The van der Waals surface area contributed by atoms with Crippen molar-refractivity contribution in [2.24, 2.45) is 0 Å². The second-order valence-electron chi connectivity index (χ2n) is 5.16. The lowest BCUT2D eigenvalue weighted by molar-refractivity contribution is -0.171. The van der Waals surface area contributed by atoms with E-state index in [1.54, 1.807) is 20.8 Å². The number of hydrogen-bond donors (Lipinski definition) is 1. The van der Waals surface area contributed by atoms with Gasteiger partial charge in [0.25, 0.3) is 0 Å². The molecular weight excluding hydrogens is 263 g/mol. The number of nitrogens with one attached hydrogen (secondary N) is 1. The van der Waals surface area contributed by atoms with Crippen LogP contribution in [0, 0.1) is 0 Å². The Bertz CT molecular complexity index is 308. The van der Waals surface area contributed by atoms with Crippen molar-refractivity contribution in [2.45, 2.75) is 58.2 Å². The van der Waals surface area contributed by atoms with Gasteiger partial charge >= 0.3 is 12.3 Å². The van der Waals surface area contributed by atoms with E-state index in [1.807, 2.05) is 0 Å². The maximum atomic E-state index is 11.9. The van der Waals surface area contributed by atoms with Gasteiger partial charge in [-0.05, 0) is 33.6 Å². The molecule has 0 saturated heterocycles. The van der Waals surface area contributed by atoms with Crippen LogP contribution in [0.5, 0.6) is 0 Å². The van der Waals surface area contributed by atoms with E-state index in [-0.39, 0.29) is 6.42 Å². The molecule has 0 aliphatic rings. The van der Waals surface area contributed by atoms with E-state index < -0.39 is 30.1 Å². The Hall–Kier alpha value is -1.27. The normalized spacial score (nSPS) is 12.1. The summed E-state index contributed by atoms with van der Waals surface area (Å²) in [5, 5.41) is 2.49. The van der Waals surface area contributed by atoms with Gasteiger partial charge in [0, 0.05) is 13.0 Å². The summed E-state index contributed by atoms with van der Waals surface area (Å²) in [7, 11) is 0. The Labute approximate surface area is 110 Å². The van der Waals surface area contributed by atoms with Gasteiger partial charge in [-0.1, -0.05) is 6.42 Å². The van der Waals surface area contributed by atoms with E-state index in [2.05, 4.69) is 5.32 Å². The number of Topliss-reactive ketones (excluding diaryl/α,β-unsaturated/α-hetero) is 1. The number of amides is 1. The summed E-state index contributed by atoms with van der Waals surface area (Å²) in [6.07, 6.45) is -4.69. The van der Waals surface area contributed by atoms with Gasteiger partial charge in [-0.3, -0.25) is 4.79 Å². The average Bonchev–Trinajstić information content (AvgIpc) is 2.18. The molecule has 0 aliphatic heterocycles. The van der Waals surface area contributed by atoms with Crippen molar-refractivity contribution in [1.29, 1.82) is 0 Å². The minimum absolute atomic E-state index is 0.161. The molecule has 112 valence electrons. The van der Waals surface area contributed by atoms with Crippen LogP contribution >= 0.6 is 0 Å². The molecule has 0 saturated carbocycles. The average molecular weight is 283 g/mol. The Balaban J connectivity index is 3.57. The lowest BCUT2D eigenvalue weighted by atomic mass is 10.1. The minimum atomic E-state index is -4.74. The molecule has 0 aliphatic carbocycles. The van der Waals surface area contributed by atoms with Gasteiger partial charge in [0.15, 0.2) is 0 Å². The van der Waals surface area contributed by atoms with Gasteiger partial charge < -0.3 is 10.1 Å². The van der Waals surface area contributed by atoms with Crippen molar-refractivity contribution in [3.63, 3.8) is 0 Å². The number of ketones is 1. The molecular formula is C12H20F3NO3. The van der Waals surface area contributed by atoms with Crippen LogP contribution in [-0.2, 0) is 9.53 Å². The third-order valence-electron chi connectivity index (χ3n) is 2.07. The Morgan fingerprint density at radius 2 is 1.63 bits per heavy atom. The SMILES string of the molecule is CC(C)(C)OC(=O)NCCCCCC(=O)C(F)(F)F. The lowest BCUT2D eigenvalue weighted by Crippen LogP contribution is -2.33. The number of unbranched alkanes of at least 4 members (excludes halogenated alkanes) is 2. The molecule has 7 heteroatoms. The predicted octanol–water partition coefficient (Wildman–Crippen LogP) is 3.20. The van der Waals surface area contributed by atoms with Crippen molar-refractivity contribution < 1.29 is 27.5 Å².